The molecule has 0 aromatic carbocycles. The molecule has 0 spiro atoms. The molecule has 1 atom stereocenters. The van der Waals surface area contributed by atoms with E-state index in [4.69, 9.17) is 60.2 Å². The molecule has 0 fully saturated rings. The summed E-state index contributed by atoms with van der Waals surface area (Å²) in [6.45, 7) is 2.39. The third kappa shape index (κ3) is 55.6. The molecule has 0 aromatic heterocycles. The first-order valence-corrected chi connectivity index (χ1v) is 16.6. The van der Waals surface area contributed by atoms with Gasteiger partial charge in [-0.15, -0.1) is 0 Å². The highest BCUT2D eigenvalue weighted by atomic mass is 31.2. The Labute approximate surface area is 221 Å². The minimum atomic E-state index is -4.40. The maximum Gasteiger partial charge on any atom is 0.470 e. The summed E-state index contributed by atoms with van der Waals surface area (Å²) in [4.78, 5) is 63.6. The van der Waals surface area contributed by atoms with Gasteiger partial charge in [-0.25, -0.2) is 13.7 Å². The fourth-order valence-electron chi connectivity index (χ4n) is 0.465. The molecule has 38 heavy (non-hydrogen) atoms. The molecule has 0 aromatic rings. The van der Waals surface area contributed by atoms with Crippen molar-refractivity contribution in [3.05, 3.63) is 0 Å². The van der Waals surface area contributed by atoms with Crippen LogP contribution in [0.2, 0.25) is 0 Å². The van der Waals surface area contributed by atoms with Crippen LogP contribution in [0, 0.1) is 44.8 Å². The van der Waals surface area contributed by atoms with E-state index in [1.165, 1.54) is 25.7 Å². The lowest BCUT2D eigenvalue weighted by Crippen LogP contribution is -1.93. The van der Waals surface area contributed by atoms with E-state index < -0.39 is 50.5 Å². The molecule has 0 aliphatic heterocycles. The molecule has 0 heterocycles. The summed E-state index contributed by atoms with van der Waals surface area (Å²) < 4.78 is 61.6. The first kappa shape index (κ1) is 50.0. The Morgan fingerprint density at radius 1 is 0.737 bits per heavy atom. The van der Waals surface area contributed by atoms with Crippen molar-refractivity contribution in [3.63, 3.8) is 0 Å². The monoisotopic (exact) mass is 672 g/mol. The molecule has 20 nitrogen and oxygen atoms in total. The molecule has 0 aliphatic carbocycles. The van der Waals surface area contributed by atoms with Gasteiger partial charge in [0, 0.05) is 20.6 Å². The van der Waals surface area contributed by atoms with Gasteiger partial charge in [0.2, 0.25) is 0 Å². The third-order valence-electron chi connectivity index (χ3n) is 2.22. The zero-order valence-corrected chi connectivity index (χ0v) is 26.2. The summed E-state index contributed by atoms with van der Waals surface area (Å²) in [5, 5.41) is 31.0. The van der Waals surface area contributed by atoms with E-state index in [1.54, 1.807) is 6.07 Å². The van der Waals surface area contributed by atoms with E-state index in [-0.39, 0.29) is 22.5 Å². The van der Waals surface area contributed by atoms with Crippen molar-refractivity contribution in [2.45, 2.75) is 25.9 Å². The Balaban J connectivity index is -0.0000000840. The topological polar surface area (TPSA) is 370 Å². The minimum Gasteiger partial charge on any atom is -0.324 e. The Morgan fingerprint density at radius 3 is 1.13 bits per heavy atom. The van der Waals surface area contributed by atoms with Crippen LogP contribution in [0.25, 0.3) is 0 Å². The van der Waals surface area contributed by atoms with Crippen LogP contribution in [-0.2, 0) is 36.4 Å². The second-order valence-electron chi connectivity index (χ2n) is 5.51. The normalized spacial score (nSPS) is 10.7. The van der Waals surface area contributed by atoms with Gasteiger partial charge in [0.15, 0.2) is 11.6 Å². The number of rotatable bonds is 7. The Bertz CT molecular complexity index is 989. The number of nitriles is 4. The number of phosphoric ester groups is 1. The Kier molecular flexibility index (Phi) is 33.0. The predicted octanol–water partition coefficient (Wildman–Crippen LogP) is 0.926. The summed E-state index contributed by atoms with van der Waals surface area (Å²) in [5.74, 6) is 2.16. The molecule has 26 heteroatoms. The average molecular weight is 672 g/mol. The molecule has 0 saturated carbocycles. The lowest BCUT2D eigenvalue weighted by atomic mass is 10.6. The van der Waals surface area contributed by atoms with Gasteiger partial charge in [0.05, 0.1) is 24.0 Å². The molecule has 0 bridgehead atoms. The third-order valence-corrected chi connectivity index (χ3v) is 6.30. The number of nitrogens with zero attached hydrogens (tertiary/aromatic N) is 4. The molecule has 0 rings (SSSR count). The van der Waals surface area contributed by atoms with Gasteiger partial charge >= 0.3 is 38.2 Å². The number of hydrogen-bond donors (Lipinski definition) is 8. The maximum absolute atomic E-state index is 10.5. The molecule has 0 saturated heterocycles. The fraction of sp³-hybridized carbons (Fsp3) is 0.667. The fourth-order valence-corrected chi connectivity index (χ4v) is 1.39. The lowest BCUT2D eigenvalue weighted by Gasteiger charge is -2.04. The summed E-state index contributed by atoms with van der Waals surface area (Å²) in [6, 6.07) is 3.04. The SMILES string of the molecule is CC(C)P(=O)(O)O.COP(=O)(C#N)OC.N#CCCP(=O)(O)O.N#CCOP(=O)(O)O.N#CP(=O)(O)O.P. The molecule has 224 valence electrons. The first-order valence-electron chi connectivity index (χ1n) is 8.44. The van der Waals surface area contributed by atoms with Crippen LogP contribution in [0.15, 0.2) is 0 Å². The van der Waals surface area contributed by atoms with E-state index in [0.717, 1.165) is 20.0 Å². The van der Waals surface area contributed by atoms with Gasteiger partial charge in [-0.05, 0) is 0 Å². The average Bonchev–Trinajstić information content (AvgIpc) is 2.75. The van der Waals surface area contributed by atoms with Gasteiger partial charge in [0.1, 0.15) is 6.61 Å². The van der Waals surface area contributed by atoms with E-state index >= 15 is 0 Å². The van der Waals surface area contributed by atoms with Crippen LogP contribution in [0.4, 0.5) is 0 Å². The van der Waals surface area contributed by atoms with Crippen LogP contribution < -0.4 is 0 Å². The lowest BCUT2D eigenvalue weighted by molar-refractivity contribution is 0.218. The van der Waals surface area contributed by atoms with E-state index in [9.17, 15) is 22.8 Å². The predicted molar refractivity (Wildman–Crippen MR) is 134 cm³/mol. The molecule has 1 unspecified atom stereocenters. The second-order valence-corrected chi connectivity index (χ2v) is 13.9. The zero-order chi connectivity index (χ0) is 31.1. The highest BCUT2D eigenvalue weighted by Gasteiger charge is 2.18. The molecular weight excluding hydrogens is 642 g/mol. The van der Waals surface area contributed by atoms with Crippen molar-refractivity contribution in [1.29, 1.82) is 21.0 Å². The van der Waals surface area contributed by atoms with Crippen molar-refractivity contribution in [1.82, 2.24) is 0 Å². The van der Waals surface area contributed by atoms with Crippen molar-refractivity contribution in [3.8, 4) is 23.8 Å². The van der Waals surface area contributed by atoms with Gasteiger partial charge in [0.25, 0.3) is 0 Å². The smallest absolute Gasteiger partial charge is 0.324 e. The first-order chi connectivity index (χ1) is 16.3. The quantitative estimate of drug-likeness (QED) is 0.174. The largest absolute Gasteiger partial charge is 0.470 e. The molecule has 0 aliphatic rings. The van der Waals surface area contributed by atoms with Crippen LogP contribution in [0.5, 0.6) is 0 Å². The number of phosphoric acid groups is 1. The molecular formula is C12H30N4O16P6. The standard InChI is InChI=1S/2C3H6NO3P.C3H9O3P.C2H4NO4P.CH2NO3P.H3P/c1-6-8(5,3-4)7-2;4-2-1-3-8(5,6)7;1-3(2)7(4,5)6;3-1-2-7-8(4,5)6;2-1-6(3,4)5;/h1-2H3;1,3H2,(H2,5,6,7);3H,1-2H3,(H2,4,5,6);2H2,(H2,4,5,6);(H2,3,4,5);1H3. The van der Waals surface area contributed by atoms with Gasteiger partial charge in [-0.2, -0.15) is 30.9 Å². The van der Waals surface area contributed by atoms with Crippen LogP contribution in [0.1, 0.15) is 20.3 Å². The van der Waals surface area contributed by atoms with E-state index in [2.05, 4.69) is 13.6 Å². The van der Waals surface area contributed by atoms with Crippen molar-refractivity contribution in [2.75, 3.05) is 27.0 Å². The van der Waals surface area contributed by atoms with Crippen molar-refractivity contribution >= 4 is 48.1 Å². The highest BCUT2D eigenvalue weighted by Crippen LogP contribution is 2.44. The summed E-state index contributed by atoms with van der Waals surface area (Å²) >= 11 is 0. The highest BCUT2D eigenvalue weighted by molar-refractivity contribution is 7.59. The molecule has 0 amide bonds. The van der Waals surface area contributed by atoms with Crippen LogP contribution >= 0.6 is 48.1 Å². The molecule has 8 N–H and O–H groups in total. The number of hydrogen-bond acceptors (Lipinski definition) is 12. The Morgan fingerprint density at radius 2 is 1.08 bits per heavy atom. The van der Waals surface area contributed by atoms with Crippen molar-refractivity contribution < 1.29 is 75.5 Å². The van der Waals surface area contributed by atoms with Crippen molar-refractivity contribution in [2.24, 2.45) is 0 Å². The summed E-state index contributed by atoms with van der Waals surface area (Å²) in [5.41, 5.74) is -0.535. The Hall–Kier alpha value is -0.900. The summed E-state index contributed by atoms with van der Waals surface area (Å²) in [7, 11) is -17.4. The maximum atomic E-state index is 10.5. The zero-order valence-electron chi connectivity index (χ0n) is 20.3. The molecule has 0 radical (unpaired) electrons. The van der Waals surface area contributed by atoms with Crippen LogP contribution in [-0.4, -0.2) is 71.8 Å². The van der Waals surface area contributed by atoms with Gasteiger partial charge in [-0.1, -0.05) is 13.8 Å². The summed E-state index contributed by atoms with van der Waals surface area (Å²) in [6.07, 6.45) is -0.409. The second kappa shape index (κ2) is 25.1. The minimum absolute atomic E-state index is 0. The van der Waals surface area contributed by atoms with Gasteiger partial charge < -0.3 is 48.2 Å². The van der Waals surface area contributed by atoms with Gasteiger partial charge in [-0.3, -0.25) is 13.7 Å². The van der Waals surface area contributed by atoms with E-state index in [1.807, 2.05) is 0 Å². The van der Waals surface area contributed by atoms with E-state index in [0.29, 0.717) is 0 Å². The van der Waals surface area contributed by atoms with Crippen LogP contribution in [0.3, 0.4) is 0 Å².